The lowest BCUT2D eigenvalue weighted by Gasteiger charge is -2.38. The SMILES string of the molecule is C1CN2CCC1CC2.C1CN2CCC1CC2.C=C(O)N(Cc1cccc(OC(F)(F)F)c1)c1ccccc1.CC.O=C(O)N(Cc1cccc(OCc2ccccc2)c1)c1cccc(F)c1. The average Bonchev–Trinajstić information content (AvgIpc) is 3.34. The summed E-state index contributed by atoms with van der Waals surface area (Å²) in [5.41, 5.74) is 3.30. The van der Waals surface area contributed by atoms with E-state index >= 15 is 0 Å². The minimum Gasteiger partial charge on any atom is -0.495 e. The van der Waals surface area contributed by atoms with Crippen LogP contribution in [0.2, 0.25) is 0 Å². The Balaban J connectivity index is 0.000000181. The molecule has 6 aliphatic rings. The highest BCUT2D eigenvalue weighted by Crippen LogP contribution is 2.29. The number of aliphatic hydroxyl groups excluding tert-OH is 1. The number of carbonyl (C=O) groups is 1. The number of alkyl halides is 3. The molecule has 9 nitrogen and oxygen atoms in total. The van der Waals surface area contributed by atoms with E-state index in [4.69, 9.17) is 4.74 Å². The molecule has 11 rings (SSSR count). The predicted molar refractivity (Wildman–Crippen MR) is 254 cm³/mol. The first-order chi connectivity index (χ1) is 31.9. The second-order valence-electron chi connectivity index (χ2n) is 16.5. The normalized spacial score (nSPS) is 18.8. The maximum absolute atomic E-state index is 13.4. The van der Waals surface area contributed by atoms with Gasteiger partial charge in [-0.05, 0) is 167 Å². The molecule has 2 N–H and O–H groups in total. The van der Waals surface area contributed by atoms with Gasteiger partial charge in [-0.3, -0.25) is 4.90 Å². The molecule has 354 valence electrons. The molecule has 13 heteroatoms. The molecule has 0 aromatic heterocycles. The Morgan fingerprint density at radius 1 is 0.606 bits per heavy atom. The van der Waals surface area contributed by atoms with Gasteiger partial charge < -0.3 is 34.4 Å². The van der Waals surface area contributed by atoms with Crippen LogP contribution in [0.5, 0.6) is 11.5 Å². The smallest absolute Gasteiger partial charge is 0.495 e. The third-order valence-corrected chi connectivity index (χ3v) is 11.8. The Labute approximate surface area is 387 Å². The third-order valence-electron chi connectivity index (χ3n) is 11.8. The summed E-state index contributed by atoms with van der Waals surface area (Å²) in [6.45, 7) is 16.5. The summed E-state index contributed by atoms with van der Waals surface area (Å²) in [6, 6.07) is 37.0. The highest BCUT2D eigenvalue weighted by molar-refractivity contribution is 5.85. The van der Waals surface area contributed by atoms with E-state index in [2.05, 4.69) is 21.1 Å². The molecule has 6 aliphatic heterocycles. The average molecular weight is 913 g/mol. The van der Waals surface area contributed by atoms with Crippen LogP contribution in [0.25, 0.3) is 0 Å². The fraction of sp³-hybridized carbons (Fsp3) is 0.377. The Morgan fingerprint density at radius 2 is 1.05 bits per heavy atom. The number of amides is 1. The molecule has 1 amide bonds. The van der Waals surface area contributed by atoms with Gasteiger partial charge in [-0.25, -0.2) is 9.18 Å². The van der Waals surface area contributed by atoms with Crippen LogP contribution in [-0.2, 0) is 19.7 Å². The number of nitrogens with zero attached hydrogens (tertiary/aromatic N) is 4. The second-order valence-corrected chi connectivity index (χ2v) is 16.5. The summed E-state index contributed by atoms with van der Waals surface area (Å²) >= 11 is 0. The largest absolute Gasteiger partial charge is 0.573 e. The molecule has 4 bridgehead atoms. The molecule has 5 aromatic carbocycles. The molecule has 5 aromatic rings. The minimum atomic E-state index is -4.74. The number of aliphatic hydroxyl groups is 1. The van der Waals surface area contributed by atoms with E-state index < -0.39 is 18.3 Å². The number of rotatable bonds is 11. The maximum atomic E-state index is 13.4. The van der Waals surface area contributed by atoms with Crippen molar-refractivity contribution in [2.45, 2.75) is 78.4 Å². The molecule has 0 radical (unpaired) electrons. The Morgan fingerprint density at radius 3 is 1.48 bits per heavy atom. The summed E-state index contributed by atoms with van der Waals surface area (Å²) in [5, 5.41) is 19.2. The molecular weight excluding hydrogens is 849 g/mol. The van der Waals surface area contributed by atoms with Gasteiger partial charge in [0.15, 0.2) is 5.88 Å². The molecule has 6 heterocycles. The molecule has 0 aliphatic carbocycles. The molecule has 6 fully saturated rings. The molecule has 0 atom stereocenters. The van der Waals surface area contributed by atoms with Crippen LogP contribution in [0.15, 0.2) is 146 Å². The number of fused-ring (bicyclic) bond motifs is 6. The van der Waals surface area contributed by atoms with Crippen molar-refractivity contribution in [3.63, 3.8) is 0 Å². The number of hydrogen-bond donors (Lipinski definition) is 2. The number of halogens is 4. The first-order valence-electron chi connectivity index (χ1n) is 22.9. The number of hydrogen-bond acceptors (Lipinski definition) is 7. The second kappa shape index (κ2) is 26.2. The zero-order chi connectivity index (χ0) is 47.3. The lowest BCUT2D eigenvalue weighted by molar-refractivity contribution is -0.274. The Kier molecular flexibility index (Phi) is 20.2. The van der Waals surface area contributed by atoms with Crippen molar-refractivity contribution >= 4 is 17.5 Å². The summed E-state index contributed by atoms with van der Waals surface area (Å²) in [4.78, 5) is 19.3. The number of anilines is 2. The highest BCUT2D eigenvalue weighted by atomic mass is 19.4. The van der Waals surface area contributed by atoms with Gasteiger partial charge in [0.05, 0.1) is 18.8 Å². The molecule has 0 spiro atoms. The van der Waals surface area contributed by atoms with Gasteiger partial charge in [-0.1, -0.05) is 92.7 Å². The third kappa shape index (κ3) is 17.4. The van der Waals surface area contributed by atoms with Crippen LogP contribution in [0, 0.1) is 17.7 Å². The van der Waals surface area contributed by atoms with Crippen molar-refractivity contribution < 1.29 is 42.0 Å². The minimum absolute atomic E-state index is 0.0985. The maximum Gasteiger partial charge on any atom is 0.573 e. The molecule has 66 heavy (non-hydrogen) atoms. The molecule has 6 saturated heterocycles. The number of benzene rings is 5. The molecule has 0 saturated carbocycles. The zero-order valence-electron chi connectivity index (χ0n) is 38.1. The van der Waals surface area contributed by atoms with Crippen molar-refractivity contribution in [3.05, 3.63) is 168 Å². The summed E-state index contributed by atoms with van der Waals surface area (Å²) in [7, 11) is 0. The summed E-state index contributed by atoms with van der Waals surface area (Å²) in [6.07, 6.45) is 3.03. The standard InChI is InChI=1S/C21H18FNO3.C16H14F3NO2.2C7H13N.C2H6/c22-18-9-5-10-19(13-18)23(21(24)25)14-17-8-4-11-20(12-17)26-15-16-6-2-1-3-7-16;1-12(21)20(14-7-3-2-4-8-14)11-13-6-5-9-15(10-13)22-16(17,18)19;2*1-4-8-5-2-7(1)3-6-8;1-2/h1-13H,14-15H2,(H,24,25);2-10,21H,1,11H2;2*7H,1-6H2;1-2H3. The van der Waals surface area contributed by atoms with Crippen LogP contribution in [0.4, 0.5) is 33.7 Å². The topological polar surface area (TPSA) is 89.0 Å². The lowest BCUT2D eigenvalue weighted by atomic mass is 9.89. The van der Waals surface area contributed by atoms with Crippen LogP contribution in [0.1, 0.15) is 69.1 Å². The molecule has 0 unspecified atom stereocenters. The predicted octanol–water partition coefficient (Wildman–Crippen LogP) is 12.9. The van der Waals surface area contributed by atoms with Crippen molar-refractivity contribution in [1.29, 1.82) is 0 Å². The van der Waals surface area contributed by atoms with Gasteiger partial charge in [-0.2, -0.15) is 0 Å². The van der Waals surface area contributed by atoms with Crippen LogP contribution >= 0.6 is 0 Å². The van der Waals surface area contributed by atoms with Crippen LogP contribution in [-0.4, -0.2) is 71.7 Å². The van der Waals surface area contributed by atoms with Crippen molar-refractivity contribution in [2.75, 3.05) is 49.1 Å². The monoisotopic (exact) mass is 912 g/mol. The van der Waals surface area contributed by atoms with Gasteiger partial charge in [0, 0.05) is 5.69 Å². The highest BCUT2D eigenvalue weighted by Gasteiger charge is 2.31. The van der Waals surface area contributed by atoms with E-state index in [0.717, 1.165) is 27.9 Å². The van der Waals surface area contributed by atoms with Gasteiger partial charge in [0.2, 0.25) is 0 Å². The van der Waals surface area contributed by atoms with E-state index in [1.807, 2.05) is 62.4 Å². The quantitative estimate of drug-likeness (QED) is 0.100. The summed E-state index contributed by atoms with van der Waals surface area (Å²) in [5.74, 6) is 1.89. The fourth-order valence-electron chi connectivity index (χ4n) is 8.26. The number of piperidine rings is 6. The number of carboxylic acid groups (broad SMARTS) is 1. The fourth-order valence-corrected chi connectivity index (χ4v) is 8.26. The van der Waals surface area contributed by atoms with Crippen LogP contribution in [0.3, 0.4) is 0 Å². The Hall–Kier alpha value is -6.05. The van der Waals surface area contributed by atoms with E-state index in [9.17, 15) is 32.6 Å². The molecular formula is C53H64F4N4O5. The van der Waals surface area contributed by atoms with Crippen LogP contribution < -0.4 is 19.3 Å². The zero-order valence-corrected chi connectivity index (χ0v) is 38.1. The van der Waals surface area contributed by atoms with Crippen molar-refractivity contribution in [1.82, 2.24) is 9.80 Å². The van der Waals surface area contributed by atoms with Gasteiger partial charge in [0.1, 0.15) is 23.9 Å². The van der Waals surface area contributed by atoms with E-state index in [0.29, 0.717) is 23.6 Å². The van der Waals surface area contributed by atoms with Crippen molar-refractivity contribution in [3.8, 4) is 11.5 Å². The summed E-state index contributed by atoms with van der Waals surface area (Å²) < 4.78 is 59.8. The van der Waals surface area contributed by atoms with Gasteiger partial charge in [0.25, 0.3) is 0 Å². The Bertz CT molecular complexity index is 2130. The first-order valence-corrected chi connectivity index (χ1v) is 22.9. The lowest BCUT2D eigenvalue weighted by Crippen LogP contribution is -2.41. The van der Waals surface area contributed by atoms with E-state index in [-0.39, 0.29) is 30.4 Å². The number of para-hydroxylation sites is 1. The van der Waals surface area contributed by atoms with Crippen molar-refractivity contribution in [2.24, 2.45) is 11.8 Å². The van der Waals surface area contributed by atoms with Gasteiger partial charge >= 0.3 is 12.5 Å². The van der Waals surface area contributed by atoms with E-state index in [1.54, 1.807) is 48.5 Å². The number of ether oxygens (including phenoxy) is 2. The van der Waals surface area contributed by atoms with E-state index in [1.165, 1.54) is 119 Å². The first kappa shape index (κ1) is 50.9. The van der Waals surface area contributed by atoms with Gasteiger partial charge in [-0.15, -0.1) is 13.2 Å².